The highest BCUT2D eigenvalue weighted by Gasteiger charge is 2.04. The molecule has 0 aliphatic rings. The number of hydrogen-bond donors (Lipinski definition) is 1. The first-order chi connectivity index (χ1) is 8.20. The molecule has 0 saturated heterocycles. The summed E-state index contributed by atoms with van der Waals surface area (Å²) in [7, 11) is 0. The largest absolute Gasteiger partial charge is 0.353 e. The number of aryl methyl sites for hydroxylation is 1. The summed E-state index contributed by atoms with van der Waals surface area (Å²) in [6.07, 6.45) is 1.74. The van der Waals surface area contributed by atoms with Gasteiger partial charge >= 0.3 is 0 Å². The molecule has 0 atom stereocenters. The quantitative estimate of drug-likeness (QED) is 0.915. The van der Waals surface area contributed by atoms with E-state index in [-0.39, 0.29) is 0 Å². The van der Waals surface area contributed by atoms with Crippen LogP contribution in [0.3, 0.4) is 0 Å². The van der Waals surface area contributed by atoms with Gasteiger partial charge in [0.2, 0.25) is 0 Å². The number of nitriles is 1. The fourth-order valence-corrected chi connectivity index (χ4v) is 1.84. The highest BCUT2D eigenvalue weighted by atomic mass is 79.9. The number of pyridine rings is 1. The molecular formula is C13H10BrN3. The fourth-order valence-electron chi connectivity index (χ4n) is 1.48. The lowest BCUT2D eigenvalue weighted by Gasteiger charge is -2.10. The first-order valence-electron chi connectivity index (χ1n) is 5.09. The summed E-state index contributed by atoms with van der Waals surface area (Å²) in [6.45, 7) is 1.92. The molecule has 1 heterocycles. The fraction of sp³-hybridized carbons (Fsp3) is 0.0769. The predicted molar refractivity (Wildman–Crippen MR) is 71.1 cm³/mol. The van der Waals surface area contributed by atoms with Crippen LogP contribution < -0.4 is 5.32 Å². The molecule has 0 radical (unpaired) electrons. The van der Waals surface area contributed by atoms with E-state index in [1.807, 2.05) is 31.2 Å². The number of halogens is 1. The summed E-state index contributed by atoms with van der Waals surface area (Å²) in [5.41, 5.74) is 3.19. The Labute approximate surface area is 108 Å². The smallest absolute Gasteiger partial charge is 0.101 e. The van der Waals surface area contributed by atoms with Crippen LogP contribution in [-0.2, 0) is 0 Å². The number of aromatic nitrogens is 1. The minimum atomic E-state index is 0.608. The van der Waals surface area contributed by atoms with Crippen molar-refractivity contribution < 1.29 is 0 Å². The van der Waals surface area contributed by atoms with Crippen molar-refractivity contribution in [1.82, 2.24) is 4.98 Å². The molecule has 3 nitrogen and oxygen atoms in total. The molecular weight excluding hydrogens is 278 g/mol. The molecule has 0 aliphatic heterocycles. The Bertz CT molecular complexity index is 587. The molecule has 0 saturated carbocycles. The van der Waals surface area contributed by atoms with Crippen LogP contribution in [0.1, 0.15) is 11.3 Å². The van der Waals surface area contributed by atoms with Crippen LogP contribution in [0.4, 0.5) is 11.4 Å². The first kappa shape index (κ1) is 11.6. The summed E-state index contributed by atoms with van der Waals surface area (Å²) < 4.78 is 0.931. The zero-order chi connectivity index (χ0) is 12.3. The molecule has 2 aromatic rings. The van der Waals surface area contributed by atoms with E-state index in [1.54, 1.807) is 12.3 Å². The Morgan fingerprint density at radius 3 is 2.82 bits per heavy atom. The third-order valence-corrected chi connectivity index (χ3v) is 2.87. The van der Waals surface area contributed by atoms with E-state index in [2.05, 4.69) is 32.3 Å². The molecule has 2 rings (SSSR count). The topological polar surface area (TPSA) is 48.7 Å². The molecule has 1 aromatic heterocycles. The van der Waals surface area contributed by atoms with Crippen LogP contribution in [0.5, 0.6) is 0 Å². The van der Waals surface area contributed by atoms with E-state index in [0.29, 0.717) is 5.56 Å². The van der Waals surface area contributed by atoms with Crippen molar-refractivity contribution in [2.45, 2.75) is 6.92 Å². The van der Waals surface area contributed by atoms with E-state index in [4.69, 9.17) is 5.26 Å². The van der Waals surface area contributed by atoms with Gasteiger partial charge in [0.25, 0.3) is 0 Å². The van der Waals surface area contributed by atoms with E-state index in [9.17, 15) is 0 Å². The lowest BCUT2D eigenvalue weighted by molar-refractivity contribution is 1.20. The maximum Gasteiger partial charge on any atom is 0.101 e. The predicted octanol–water partition coefficient (Wildman–Crippen LogP) is 3.77. The van der Waals surface area contributed by atoms with Crippen molar-refractivity contribution in [3.8, 4) is 6.07 Å². The van der Waals surface area contributed by atoms with Crippen molar-refractivity contribution in [3.63, 3.8) is 0 Å². The lowest BCUT2D eigenvalue weighted by Crippen LogP contribution is -1.97. The highest BCUT2D eigenvalue weighted by molar-refractivity contribution is 9.10. The third kappa shape index (κ3) is 2.63. The number of nitrogens with zero attached hydrogens (tertiary/aromatic N) is 2. The molecule has 0 spiro atoms. The van der Waals surface area contributed by atoms with Crippen LogP contribution in [0.25, 0.3) is 0 Å². The van der Waals surface area contributed by atoms with Crippen molar-refractivity contribution in [2.75, 3.05) is 5.32 Å². The first-order valence-corrected chi connectivity index (χ1v) is 5.88. The van der Waals surface area contributed by atoms with Gasteiger partial charge in [0.1, 0.15) is 6.07 Å². The van der Waals surface area contributed by atoms with Crippen molar-refractivity contribution >= 4 is 27.3 Å². The van der Waals surface area contributed by atoms with Crippen LogP contribution in [0.15, 0.2) is 41.0 Å². The van der Waals surface area contributed by atoms with Crippen molar-refractivity contribution in [2.24, 2.45) is 0 Å². The second kappa shape index (κ2) is 4.98. The molecule has 0 amide bonds. The Kier molecular flexibility index (Phi) is 3.40. The second-order valence-corrected chi connectivity index (χ2v) is 4.48. The molecule has 0 unspecified atom stereocenters. The van der Waals surface area contributed by atoms with Gasteiger partial charge in [-0.2, -0.15) is 5.26 Å². The number of anilines is 2. The molecule has 0 aliphatic carbocycles. The summed E-state index contributed by atoms with van der Waals surface area (Å²) in [4.78, 5) is 4.20. The Hall–Kier alpha value is -1.86. The average Bonchev–Trinajstić information content (AvgIpc) is 2.32. The summed E-state index contributed by atoms with van der Waals surface area (Å²) in [5, 5.41) is 12.3. The number of rotatable bonds is 2. The normalized spacial score (nSPS) is 9.71. The monoisotopic (exact) mass is 287 g/mol. The maximum atomic E-state index is 9.04. The lowest BCUT2D eigenvalue weighted by atomic mass is 10.2. The van der Waals surface area contributed by atoms with Crippen LogP contribution in [-0.4, -0.2) is 4.98 Å². The van der Waals surface area contributed by atoms with Gasteiger partial charge in [-0.3, -0.25) is 4.98 Å². The van der Waals surface area contributed by atoms with Gasteiger partial charge in [0.15, 0.2) is 0 Å². The van der Waals surface area contributed by atoms with E-state index in [0.717, 1.165) is 21.5 Å². The molecule has 4 heteroatoms. The molecule has 84 valence electrons. The minimum Gasteiger partial charge on any atom is -0.353 e. The molecule has 0 fully saturated rings. The van der Waals surface area contributed by atoms with Gasteiger partial charge in [0.05, 0.1) is 22.6 Å². The van der Waals surface area contributed by atoms with Gasteiger partial charge in [-0.1, -0.05) is 15.9 Å². The summed E-state index contributed by atoms with van der Waals surface area (Å²) in [5.74, 6) is 0. The molecule has 1 N–H and O–H groups in total. The van der Waals surface area contributed by atoms with Gasteiger partial charge < -0.3 is 5.32 Å². The second-order valence-electron chi connectivity index (χ2n) is 3.56. The minimum absolute atomic E-state index is 0.608. The third-order valence-electron chi connectivity index (χ3n) is 2.38. The number of hydrogen-bond acceptors (Lipinski definition) is 3. The summed E-state index contributed by atoms with van der Waals surface area (Å²) >= 11 is 3.39. The number of nitrogens with one attached hydrogen (secondary N) is 1. The van der Waals surface area contributed by atoms with Crippen LogP contribution in [0, 0.1) is 18.3 Å². The van der Waals surface area contributed by atoms with Gasteiger partial charge in [0, 0.05) is 10.7 Å². The van der Waals surface area contributed by atoms with Gasteiger partial charge in [-0.25, -0.2) is 0 Å². The zero-order valence-corrected chi connectivity index (χ0v) is 10.8. The van der Waals surface area contributed by atoms with Gasteiger partial charge in [-0.15, -0.1) is 0 Å². The van der Waals surface area contributed by atoms with Gasteiger partial charge in [-0.05, 0) is 37.3 Å². The average molecular weight is 288 g/mol. The Morgan fingerprint density at radius 2 is 2.12 bits per heavy atom. The highest BCUT2D eigenvalue weighted by Crippen LogP contribution is 2.25. The maximum absolute atomic E-state index is 9.04. The summed E-state index contributed by atoms with van der Waals surface area (Å²) in [6, 6.07) is 11.5. The number of benzene rings is 1. The molecule has 17 heavy (non-hydrogen) atoms. The zero-order valence-electron chi connectivity index (χ0n) is 9.24. The van der Waals surface area contributed by atoms with Crippen LogP contribution >= 0.6 is 15.9 Å². The Balaban J connectivity index is 2.40. The SMILES string of the molecule is Cc1ncccc1Nc1cc(Br)ccc1C#N. The van der Waals surface area contributed by atoms with E-state index >= 15 is 0 Å². The van der Waals surface area contributed by atoms with E-state index < -0.39 is 0 Å². The molecule has 0 bridgehead atoms. The standard InChI is InChI=1S/C13H10BrN3/c1-9-12(3-2-6-16-9)17-13-7-11(14)5-4-10(13)8-15/h2-7,17H,1H3. The van der Waals surface area contributed by atoms with E-state index in [1.165, 1.54) is 0 Å². The van der Waals surface area contributed by atoms with Crippen molar-refractivity contribution in [3.05, 3.63) is 52.3 Å². The van der Waals surface area contributed by atoms with Crippen LogP contribution in [0.2, 0.25) is 0 Å². The molecule has 1 aromatic carbocycles. The van der Waals surface area contributed by atoms with Crippen molar-refractivity contribution in [1.29, 1.82) is 5.26 Å². The Morgan fingerprint density at radius 1 is 1.29 bits per heavy atom.